The number of aryl methyl sites for hydroxylation is 1. The van der Waals surface area contributed by atoms with Crippen LogP contribution in [0.5, 0.6) is 5.88 Å². The first kappa shape index (κ1) is 16.1. The summed E-state index contributed by atoms with van der Waals surface area (Å²) >= 11 is 0. The Morgan fingerprint density at radius 2 is 1.46 bits per heavy atom. The number of ether oxygens (including phenoxy) is 1. The molecule has 0 bridgehead atoms. The number of aromatic nitrogens is 2. The highest BCUT2D eigenvalue weighted by atomic mass is 16.5. The number of fused-ring (bicyclic) bond motifs is 1. The molecule has 3 aromatic carbocycles. The third kappa shape index (κ3) is 2.86. The smallest absolute Gasteiger partial charge is 0.240 e. The van der Waals surface area contributed by atoms with E-state index >= 15 is 0 Å². The van der Waals surface area contributed by atoms with Crippen LogP contribution < -0.4 is 4.74 Å². The number of benzene rings is 3. The molecule has 26 heavy (non-hydrogen) atoms. The SMILES string of the molecule is COc1nn(C)c2c(N=C(c3ccccc3)c3ccccc3)cccc12. The van der Waals surface area contributed by atoms with Crippen molar-refractivity contribution in [3.8, 4) is 5.88 Å². The van der Waals surface area contributed by atoms with E-state index in [4.69, 9.17) is 9.73 Å². The van der Waals surface area contributed by atoms with E-state index in [1.54, 1.807) is 7.11 Å². The number of nitrogens with zero attached hydrogens (tertiary/aromatic N) is 3. The zero-order valence-electron chi connectivity index (χ0n) is 14.8. The van der Waals surface area contributed by atoms with Gasteiger partial charge in [0.1, 0.15) is 0 Å². The van der Waals surface area contributed by atoms with Crippen LogP contribution in [0.3, 0.4) is 0 Å². The lowest BCUT2D eigenvalue weighted by Gasteiger charge is -2.08. The van der Waals surface area contributed by atoms with Crippen LogP contribution in [0.25, 0.3) is 10.9 Å². The van der Waals surface area contributed by atoms with Crippen molar-refractivity contribution in [2.45, 2.75) is 0 Å². The summed E-state index contributed by atoms with van der Waals surface area (Å²) in [6, 6.07) is 26.5. The van der Waals surface area contributed by atoms with Crippen molar-refractivity contribution in [1.29, 1.82) is 0 Å². The van der Waals surface area contributed by atoms with Gasteiger partial charge >= 0.3 is 0 Å². The summed E-state index contributed by atoms with van der Waals surface area (Å²) in [5.74, 6) is 0.612. The van der Waals surface area contributed by atoms with Crippen LogP contribution in [0.1, 0.15) is 11.1 Å². The van der Waals surface area contributed by atoms with E-state index in [-0.39, 0.29) is 0 Å². The van der Waals surface area contributed by atoms with Gasteiger partial charge in [0.15, 0.2) is 0 Å². The van der Waals surface area contributed by atoms with Crippen molar-refractivity contribution >= 4 is 22.3 Å². The van der Waals surface area contributed by atoms with Crippen molar-refractivity contribution in [2.24, 2.45) is 12.0 Å². The Bertz CT molecular complexity index is 1030. The van der Waals surface area contributed by atoms with E-state index in [1.807, 2.05) is 66.3 Å². The summed E-state index contributed by atoms with van der Waals surface area (Å²) in [4.78, 5) is 5.04. The van der Waals surface area contributed by atoms with Gasteiger partial charge in [-0.3, -0.25) is 4.68 Å². The average Bonchev–Trinajstić information content (AvgIpc) is 3.04. The van der Waals surface area contributed by atoms with Gasteiger partial charge < -0.3 is 4.74 Å². The van der Waals surface area contributed by atoms with Crippen LogP contribution in [0.2, 0.25) is 0 Å². The van der Waals surface area contributed by atoms with Crippen molar-refractivity contribution < 1.29 is 4.74 Å². The largest absolute Gasteiger partial charge is 0.479 e. The third-order valence-electron chi connectivity index (χ3n) is 4.33. The molecule has 0 radical (unpaired) electrons. The first-order chi connectivity index (χ1) is 12.8. The van der Waals surface area contributed by atoms with Gasteiger partial charge in [0, 0.05) is 18.2 Å². The molecule has 0 aliphatic rings. The van der Waals surface area contributed by atoms with Gasteiger partial charge in [-0.05, 0) is 12.1 Å². The van der Waals surface area contributed by atoms with Crippen LogP contribution in [-0.2, 0) is 7.05 Å². The fourth-order valence-corrected chi connectivity index (χ4v) is 3.13. The maximum atomic E-state index is 5.40. The maximum absolute atomic E-state index is 5.40. The monoisotopic (exact) mass is 341 g/mol. The van der Waals surface area contributed by atoms with E-state index in [0.29, 0.717) is 5.88 Å². The number of hydrogen-bond donors (Lipinski definition) is 0. The zero-order chi connectivity index (χ0) is 17.9. The maximum Gasteiger partial charge on any atom is 0.240 e. The fourth-order valence-electron chi connectivity index (χ4n) is 3.13. The Morgan fingerprint density at radius 3 is 2.04 bits per heavy atom. The molecule has 0 aliphatic heterocycles. The number of hydrogen-bond acceptors (Lipinski definition) is 3. The second kappa shape index (κ2) is 6.84. The van der Waals surface area contributed by atoms with E-state index in [1.165, 1.54) is 0 Å². The molecule has 0 saturated heterocycles. The first-order valence-electron chi connectivity index (χ1n) is 8.47. The van der Waals surface area contributed by atoms with Gasteiger partial charge in [0.25, 0.3) is 0 Å². The van der Waals surface area contributed by atoms with Gasteiger partial charge in [0.2, 0.25) is 5.88 Å². The molecular weight excluding hydrogens is 322 g/mol. The van der Waals surface area contributed by atoms with Crippen LogP contribution in [0.4, 0.5) is 5.69 Å². The Labute approximate surface area is 152 Å². The fraction of sp³-hybridized carbons (Fsp3) is 0.0909. The predicted molar refractivity (Wildman–Crippen MR) is 105 cm³/mol. The lowest BCUT2D eigenvalue weighted by molar-refractivity contribution is 0.396. The Hall–Kier alpha value is -3.40. The van der Waals surface area contributed by atoms with Gasteiger partial charge in [-0.25, -0.2) is 4.99 Å². The molecule has 1 aromatic heterocycles. The Kier molecular flexibility index (Phi) is 4.23. The molecule has 0 unspecified atom stereocenters. The Balaban J connectivity index is 1.97. The minimum absolute atomic E-state index is 0.612. The molecule has 4 aromatic rings. The van der Waals surface area contributed by atoms with Crippen LogP contribution in [-0.4, -0.2) is 22.6 Å². The summed E-state index contributed by atoms with van der Waals surface area (Å²) in [6.07, 6.45) is 0. The molecule has 0 atom stereocenters. The normalized spacial score (nSPS) is 10.7. The number of rotatable bonds is 4. The summed E-state index contributed by atoms with van der Waals surface area (Å²) in [5, 5.41) is 5.40. The van der Waals surface area contributed by atoms with Gasteiger partial charge in [0.05, 0.1) is 29.4 Å². The van der Waals surface area contributed by atoms with E-state index in [9.17, 15) is 0 Å². The highest BCUT2D eigenvalue weighted by molar-refractivity contribution is 6.14. The second-order valence-corrected chi connectivity index (χ2v) is 6.00. The van der Waals surface area contributed by atoms with E-state index in [0.717, 1.165) is 33.4 Å². The lowest BCUT2D eigenvalue weighted by Crippen LogP contribution is -2.03. The van der Waals surface area contributed by atoms with Crippen molar-refractivity contribution in [3.63, 3.8) is 0 Å². The highest BCUT2D eigenvalue weighted by Crippen LogP contribution is 2.32. The molecule has 0 amide bonds. The minimum atomic E-state index is 0.612. The summed E-state index contributed by atoms with van der Waals surface area (Å²) < 4.78 is 7.22. The van der Waals surface area contributed by atoms with Gasteiger partial charge in [-0.1, -0.05) is 66.7 Å². The topological polar surface area (TPSA) is 39.4 Å². The molecule has 0 aliphatic carbocycles. The molecule has 4 rings (SSSR count). The van der Waals surface area contributed by atoms with Crippen molar-refractivity contribution in [1.82, 2.24) is 9.78 Å². The first-order valence-corrected chi connectivity index (χ1v) is 8.47. The minimum Gasteiger partial charge on any atom is -0.479 e. The van der Waals surface area contributed by atoms with Crippen molar-refractivity contribution in [3.05, 3.63) is 90.0 Å². The molecule has 0 spiro atoms. The Morgan fingerprint density at radius 1 is 0.846 bits per heavy atom. The van der Waals surface area contributed by atoms with Gasteiger partial charge in [-0.2, -0.15) is 0 Å². The second-order valence-electron chi connectivity index (χ2n) is 6.00. The number of methoxy groups -OCH3 is 1. The molecule has 4 nitrogen and oxygen atoms in total. The standard InChI is InChI=1S/C22H19N3O/c1-25-21-18(22(24-25)26-2)14-9-15-19(21)23-20(16-10-5-3-6-11-16)17-12-7-4-8-13-17/h3-15H,1-2H3. The molecule has 0 fully saturated rings. The zero-order valence-corrected chi connectivity index (χ0v) is 14.8. The molecule has 4 heteroatoms. The van der Waals surface area contributed by atoms with Crippen LogP contribution in [0.15, 0.2) is 83.9 Å². The average molecular weight is 341 g/mol. The summed E-state index contributed by atoms with van der Waals surface area (Å²) in [6.45, 7) is 0. The predicted octanol–water partition coefficient (Wildman–Crippen LogP) is 4.75. The molecular formula is C22H19N3O. The summed E-state index contributed by atoms with van der Waals surface area (Å²) in [7, 11) is 3.55. The van der Waals surface area contributed by atoms with Crippen LogP contribution >= 0.6 is 0 Å². The number of aliphatic imine (C=N–C) groups is 1. The molecule has 0 N–H and O–H groups in total. The summed E-state index contributed by atoms with van der Waals surface area (Å²) in [5.41, 5.74) is 4.89. The van der Waals surface area contributed by atoms with Crippen LogP contribution in [0, 0.1) is 0 Å². The molecule has 0 saturated carbocycles. The van der Waals surface area contributed by atoms with Gasteiger partial charge in [-0.15, -0.1) is 5.10 Å². The quantitative estimate of drug-likeness (QED) is 0.502. The van der Waals surface area contributed by atoms with Crippen molar-refractivity contribution in [2.75, 3.05) is 7.11 Å². The van der Waals surface area contributed by atoms with E-state index < -0.39 is 0 Å². The van der Waals surface area contributed by atoms with E-state index in [2.05, 4.69) is 29.4 Å². The lowest BCUT2D eigenvalue weighted by atomic mass is 10.0. The highest BCUT2D eigenvalue weighted by Gasteiger charge is 2.14. The third-order valence-corrected chi connectivity index (χ3v) is 4.33. The molecule has 128 valence electrons. The molecule has 1 heterocycles. The number of para-hydroxylation sites is 1.